The van der Waals surface area contributed by atoms with Crippen molar-refractivity contribution in [2.75, 3.05) is 35.7 Å². The fourth-order valence-electron chi connectivity index (χ4n) is 3.91. The molecule has 3 aromatic rings. The molecule has 2 heterocycles. The van der Waals surface area contributed by atoms with Crippen molar-refractivity contribution in [1.29, 1.82) is 0 Å². The maximum absolute atomic E-state index is 12.9. The summed E-state index contributed by atoms with van der Waals surface area (Å²) in [5.41, 5.74) is 2.81. The Morgan fingerprint density at radius 1 is 1.14 bits per heavy atom. The minimum absolute atomic E-state index is 0.113. The molecular weight excluding hydrogens is 448 g/mol. The third-order valence-corrected chi connectivity index (χ3v) is 5.68. The van der Waals surface area contributed by atoms with E-state index in [9.17, 15) is 14.4 Å². The number of carbonyl (C=O) groups excluding carboxylic acids is 2. The Hall–Kier alpha value is -4.18. The summed E-state index contributed by atoms with van der Waals surface area (Å²) >= 11 is 0. The number of H-pyrrole nitrogens is 1. The Labute approximate surface area is 202 Å². The zero-order chi connectivity index (χ0) is 24.8. The maximum atomic E-state index is 12.9. The molecule has 0 saturated carbocycles. The Balaban J connectivity index is 1.38. The van der Waals surface area contributed by atoms with Crippen LogP contribution in [0.15, 0.2) is 59.4 Å². The first kappa shape index (κ1) is 24.0. The number of aromatic nitrogens is 2. The van der Waals surface area contributed by atoms with Crippen molar-refractivity contribution < 1.29 is 14.3 Å². The Kier molecular flexibility index (Phi) is 7.41. The summed E-state index contributed by atoms with van der Waals surface area (Å²) in [6.45, 7) is 3.27. The molecule has 1 saturated heterocycles. The third kappa shape index (κ3) is 6.24. The molecule has 0 aliphatic carbocycles. The van der Waals surface area contributed by atoms with Gasteiger partial charge in [0.2, 0.25) is 5.95 Å². The summed E-state index contributed by atoms with van der Waals surface area (Å²) in [4.78, 5) is 46.4. The highest BCUT2D eigenvalue weighted by Gasteiger charge is 2.26. The van der Waals surface area contributed by atoms with Gasteiger partial charge in [-0.1, -0.05) is 24.3 Å². The largest absolute Gasteiger partial charge is 0.378 e. The van der Waals surface area contributed by atoms with Crippen LogP contribution in [0.25, 0.3) is 0 Å². The number of amides is 3. The van der Waals surface area contributed by atoms with Crippen molar-refractivity contribution in [2.45, 2.75) is 26.0 Å². The van der Waals surface area contributed by atoms with E-state index in [4.69, 9.17) is 4.74 Å². The second-order valence-corrected chi connectivity index (χ2v) is 8.37. The van der Waals surface area contributed by atoms with Crippen LogP contribution < -0.4 is 26.4 Å². The first-order valence-electron chi connectivity index (χ1n) is 11.3. The first-order chi connectivity index (χ1) is 16.9. The number of rotatable bonds is 7. The van der Waals surface area contributed by atoms with E-state index in [1.165, 1.54) is 6.07 Å². The van der Waals surface area contributed by atoms with Gasteiger partial charge in [0.1, 0.15) is 0 Å². The number of hydrogen-bond donors (Lipinski definition) is 4. The van der Waals surface area contributed by atoms with E-state index in [0.29, 0.717) is 48.1 Å². The molecule has 2 aromatic carbocycles. The lowest BCUT2D eigenvalue weighted by Crippen LogP contribution is -2.37. The topological polar surface area (TPSA) is 128 Å². The molecule has 10 heteroatoms. The van der Waals surface area contributed by atoms with Gasteiger partial charge in [-0.2, -0.15) is 0 Å². The van der Waals surface area contributed by atoms with E-state index in [1.54, 1.807) is 37.4 Å². The molecular formula is C25H28N6O4. The van der Waals surface area contributed by atoms with Crippen LogP contribution in [0.4, 0.5) is 22.1 Å². The van der Waals surface area contributed by atoms with Gasteiger partial charge in [-0.3, -0.25) is 14.6 Å². The van der Waals surface area contributed by atoms with Gasteiger partial charge in [0.25, 0.3) is 11.5 Å². The highest BCUT2D eigenvalue weighted by molar-refractivity contribution is 6.02. The smallest absolute Gasteiger partial charge is 0.323 e. The van der Waals surface area contributed by atoms with Crippen LogP contribution in [0.5, 0.6) is 0 Å². The maximum Gasteiger partial charge on any atom is 0.323 e. The molecule has 1 aliphatic heterocycles. The number of nitrogens with one attached hydrogen (secondary N) is 4. The second kappa shape index (κ2) is 10.8. The van der Waals surface area contributed by atoms with Crippen LogP contribution in [0.1, 0.15) is 28.0 Å². The molecule has 0 radical (unpaired) electrons. The van der Waals surface area contributed by atoms with E-state index in [0.717, 1.165) is 5.56 Å². The zero-order valence-electron chi connectivity index (χ0n) is 19.6. The highest BCUT2D eigenvalue weighted by atomic mass is 16.5. The minimum atomic E-state index is -0.388. The molecule has 4 N–H and O–H groups in total. The van der Waals surface area contributed by atoms with Crippen LogP contribution in [-0.4, -0.2) is 48.1 Å². The summed E-state index contributed by atoms with van der Waals surface area (Å²) in [5, 5.41) is 8.61. The standard InChI is InChI=1S/C25H28N6O4/c1-16-8-9-17(12-21(16)29-25(34)28-18-6-4-3-5-7-18)23(33)26-19-10-11-31(14-19)24-27-20(15-35-2)13-22(32)30-24/h3-9,12-13,19H,10-11,14-15H2,1-2H3,(H,26,33)(H,27,30,32)(H2,28,29,34). The fourth-order valence-corrected chi connectivity index (χ4v) is 3.91. The van der Waals surface area contributed by atoms with E-state index >= 15 is 0 Å². The Bertz CT molecular complexity index is 1260. The number of anilines is 3. The number of urea groups is 1. The summed E-state index contributed by atoms with van der Waals surface area (Å²) < 4.78 is 5.07. The molecule has 3 amide bonds. The van der Waals surface area contributed by atoms with Crippen LogP contribution in [-0.2, 0) is 11.3 Å². The van der Waals surface area contributed by atoms with Crippen molar-refractivity contribution in [3.05, 3.63) is 81.8 Å². The number of aromatic amines is 1. The van der Waals surface area contributed by atoms with Crippen LogP contribution in [0, 0.1) is 6.92 Å². The third-order valence-electron chi connectivity index (χ3n) is 5.68. The lowest BCUT2D eigenvalue weighted by Gasteiger charge is -2.18. The monoisotopic (exact) mass is 476 g/mol. The quantitative estimate of drug-likeness (QED) is 0.415. The number of aryl methyl sites for hydroxylation is 1. The average Bonchev–Trinajstić information content (AvgIpc) is 3.29. The van der Waals surface area contributed by atoms with Gasteiger partial charge in [0, 0.05) is 49.2 Å². The lowest BCUT2D eigenvalue weighted by molar-refractivity contribution is 0.0940. The Morgan fingerprint density at radius 3 is 2.71 bits per heavy atom. The molecule has 1 unspecified atom stereocenters. The minimum Gasteiger partial charge on any atom is -0.378 e. The zero-order valence-corrected chi connectivity index (χ0v) is 19.6. The molecule has 10 nitrogen and oxygen atoms in total. The molecule has 1 aliphatic rings. The second-order valence-electron chi connectivity index (χ2n) is 8.37. The average molecular weight is 477 g/mol. The van der Waals surface area contributed by atoms with Gasteiger partial charge in [0.05, 0.1) is 12.3 Å². The van der Waals surface area contributed by atoms with Crippen molar-refractivity contribution in [3.63, 3.8) is 0 Å². The fraction of sp³-hybridized carbons (Fsp3) is 0.280. The van der Waals surface area contributed by atoms with E-state index in [-0.39, 0.29) is 30.1 Å². The van der Waals surface area contributed by atoms with Gasteiger partial charge in [0.15, 0.2) is 0 Å². The van der Waals surface area contributed by atoms with Crippen molar-refractivity contribution in [1.82, 2.24) is 15.3 Å². The number of benzene rings is 2. The van der Waals surface area contributed by atoms with Crippen LogP contribution in [0.2, 0.25) is 0 Å². The van der Waals surface area contributed by atoms with Gasteiger partial charge in [-0.05, 0) is 43.2 Å². The van der Waals surface area contributed by atoms with Gasteiger partial charge < -0.3 is 25.6 Å². The number of methoxy groups -OCH3 is 1. The van der Waals surface area contributed by atoms with Gasteiger partial charge in [-0.15, -0.1) is 0 Å². The summed E-state index contributed by atoms with van der Waals surface area (Å²) in [6, 6.07) is 15.2. The van der Waals surface area contributed by atoms with Crippen molar-refractivity contribution >= 4 is 29.3 Å². The van der Waals surface area contributed by atoms with Crippen LogP contribution in [0.3, 0.4) is 0 Å². The normalized spacial score (nSPS) is 15.0. The van der Waals surface area contributed by atoms with Crippen LogP contribution >= 0.6 is 0 Å². The number of hydrogen-bond acceptors (Lipinski definition) is 6. The van der Waals surface area contributed by atoms with E-state index in [2.05, 4.69) is 25.9 Å². The molecule has 1 fully saturated rings. The number of carbonyl (C=O) groups is 2. The highest BCUT2D eigenvalue weighted by Crippen LogP contribution is 2.20. The molecule has 1 atom stereocenters. The number of ether oxygens (including phenoxy) is 1. The van der Waals surface area contributed by atoms with Crippen molar-refractivity contribution in [2.24, 2.45) is 0 Å². The predicted octanol–water partition coefficient (Wildman–Crippen LogP) is 2.88. The number of para-hydroxylation sites is 1. The molecule has 0 bridgehead atoms. The summed E-state index contributed by atoms with van der Waals surface area (Å²) in [7, 11) is 1.55. The first-order valence-corrected chi connectivity index (χ1v) is 11.3. The SMILES string of the molecule is COCc1cc(=O)[nH]c(N2CCC(NC(=O)c3ccc(C)c(NC(=O)Nc4ccccc4)c3)C2)n1. The van der Waals surface area contributed by atoms with E-state index in [1.807, 2.05) is 30.0 Å². The predicted molar refractivity (Wildman–Crippen MR) is 134 cm³/mol. The molecule has 0 spiro atoms. The molecule has 4 rings (SSSR count). The summed E-state index contributed by atoms with van der Waals surface area (Å²) in [5.74, 6) is 0.227. The van der Waals surface area contributed by atoms with Gasteiger partial charge in [-0.25, -0.2) is 9.78 Å². The molecule has 182 valence electrons. The van der Waals surface area contributed by atoms with Gasteiger partial charge >= 0.3 is 6.03 Å². The molecule has 1 aromatic heterocycles. The number of nitrogens with zero attached hydrogens (tertiary/aromatic N) is 2. The Morgan fingerprint density at radius 2 is 1.94 bits per heavy atom. The van der Waals surface area contributed by atoms with E-state index < -0.39 is 0 Å². The lowest BCUT2D eigenvalue weighted by atomic mass is 10.1. The summed E-state index contributed by atoms with van der Waals surface area (Å²) in [6.07, 6.45) is 0.709. The molecule has 35 heavy (non-hydrogen) atoms. The van der Waals surface area contributed by atoms with Crippen molar-refractivity contribution in [3.8, 4) is 0 Å².